The van der Waals surface area contributed by atoms with Gasteiger partial charge < -0.3 is 4.74 Å². The number of rotatable bonds is 0. The van der Waals surface area contributed by atoms with Crippen LogP contribution in [0.25, 0.3) is 0 Å². The zero-order valence-electron chi connectivity index (χ0n) is 3.23. The molecular formula is C3H5NOS. The quantitative estimate of drug-likeness (QED) is 0.432. The smallest absolute Gasteiger partial charge is 0.175 e. The van der Waals surface area contributed by atoms with E-state index >= 15 is 0 Å². The Balaban J connectivity index is 2.37. The molecule has 0 aromatic heterocycles. The molecule has 0 aromatic carbocycles. The Morgan fingerprint density at radius 1 is 1.83 bits per heavy atom. The molecule has 1 N–H and O–H groups in total. The van der Waals surface area contributed by atoms with Crippen LogP contribution in [0.15, 0.2) is 0 Å². The van der Waals surface area contributed by atoms with Gasteiger partial charge in [0.25, 0.3) is 0 Å². The molecule has 1 aliphatic rings. The van der Waals surface area contributed by atoms with Crippen LogP contribution in [0.1, 0.15) is 0 Å². The third kappa shape index (κ3) is 0.666. The molecule has 0 aliphatic carbocycles. The van der Waals surface area contributed by atoms with Crippen LogP contribution in [-0.2, 0) is 4.74 Å². The van der Waals surface area contributed by atoms with Crippen molar-refractivity contribution in [3.63, 3.8) is 0 Å². The average molecular weight is 103 g/mol. The third-order valence-electron chi connectivity index (χ3n) is 0.605. The second-order valence-corrected chi connectivity index (χ2v) is 1.54. The molecule has 0 bridgehead atoms. The molecule has 6 heavy (non-hydrogen) atoms. The van der Waals surface area contributed by atoms with Crippen molar-refractivity contribution < 1.29 is 4.74 Å². The summed E-state index contributed by atoms with van der Waals surface area (Å²) < 4.78 is 4.77. The summed E-state index contributed by atoms with van der Waals surface area (Å²) in [7, 11) is 0. The maximum absolute atomic E-state index is 4.77. The summed E-state index contributed by atoms with van der Waals surface area (Å²) in [6.45, 7) is 1.34. The van der Waals surface area contributed by atoms with Crippen LogP contribution in [0.4, 0.5) is 0 Å². The molecule has 1 rings (SSSR count). The van der Waals surface area contributed by atoms with Crippen molar-refractivity contribution in [2.45, 2.75) is 0 Å². The van der Waals surface area contributed by atoms with Gasteiger partial charge in [-0.3, -0.25) is 5.32 Å². The van der Waals surface area contributed by atoms with E-state index in [9.17, 15) is 0 Å². The van der Waals surface area contributed by atoms with Crippen molar-refractivity contribution in [3.8, 4) is 0 Å². The van der Waals surface area contributed by atoms with Gasteiger partial charge in [0.2, 0.25) is 0 Å². The molecular weight excluding hydrogens is 98.1 g/mol. The molecule has 1 fully saturated rings. The van der Waals surface area contributed by atoms with Gasteiger partial charge in [-0.1, -0.05) is 0 Å². The Morgan fingerprint density at radius 2 is 2.67 bits per heavy atom. The van der Waals surface area contributed by atoms with E-state index in [1.165, 1.54) is 0 Å². The second-order valence-electron chi connectivity index (χ2n) is 1.09. The van der Waals surface area contributed by atoms with E-state index in [-0.39, 0.29) is 0 Å². The van der Waals surface area contributed by atoms with Crippen molar-refractivity contribution in [1.82, 2.24) is 5.32 Å². The highest BCUT2D eigenvalue weighted by molar-refractivity contribution is 7.80. The van der Waals surface area contributed by atoms with Crippen LogP contribution in [0, 0.1) is 0 Å². The SMILES string of the molecule is S=C1CNCO1. The topological polar surface area (TPSA) is 21.3 Å². The van der Waals surface area contributed by atoms with Crippen LogP contribution >= 0.6 is 12.2 Å². The molecule has 3 heteroatoms. The van der Waals surface area contributed by atoms with E-state index in [1.54, 1.807) is 0 Å². The largest absolute Gasteiger partial charge is 0.470 e. The zero-order valence-corrected chi connectivity index (χ0v) is 4.05. The monoisotopic (exact) mass is 103 g/mol. The van der Waals surface area contributed by atoms with Gasteiger partial charge >= 0.3 is 0 Å². The zero-order chi connectivity index (χ0) is 4.41. The number of hydrogen-bond acceptors (Lipinski definition) is 3. The van der Waals surface area contributed by atoms with Gasteiger partial charge in [-0.15, -0.1) is 0 Å². The molecule has 1 saturated heterocycles. The normalized spacial score (nSPS) is 21.0. The highest BCUT2D eigenvalue weighted by atomic mass is 32.1. The molecule has 0 aromatic rings. The summed E-state index contributed by atoms with van der Waals surface area (Å²) in [5.74, 6) is 0. The molecule has 0 saturated carbocycles. The number of ether oxygens (including phenoxy) is 1. The van der Waals surface area contributed by atoms with Crippen molar-refractivity contribution in [2.24, 2.45) is 0 Å². The predicted octanol–water partition coefficient (Wildman–Crippen LogP) is -0.109. The summed E-state index contributed by atoms with van der Waals surface area (Å²) in [5, 5.41) is 3.58. The Bertz CT molecular complexity index is 65.2. The minimum absolute atomic E-state index is 0.596. The van der Waals surface area contributed by atoms with Crippen LogP contribution in [0.2, 0.25) is 0 Å². The molecule has 1 aliphatic heterocycles. The summed E-state index contributed by atoms with van der Waals surface area (Å²) in [6, 6.07) is 0. The van der Waals surface area contributed by atoms with Crippen LogP contribution in [-0.4, -0.2) is 18.3 Å². The van der Waals surface area contributed by atoms with Crippen LogP contribution in [0.5, 0.6) is 0 Å². The Morgan fingerprint density at radius 3 is 2.83 bits per heavy atom. The molecule has 0 radical (unpaired) electrons. The molecule has 0 unspecified atom stereocenters. The predicted molar refractivity (Wildman–Crippen MR) is 26.6 cm³/mol. The van der Waals surface area contributed by atoms with Gasteiger partial charge in [-0.05, 0) is 12.2 Å². The average Bonchev–Trinajstić information content (AvgIpc) is 1.86. The summed E-state index contributed by atoms with van der Waals surface area (Å²) in [4.78, 5) is 0. The molecule has 1 heterocycles. The summed E-state index contributed by atoms with van der Waals surface area (Å²) in [6.07, 6.45) is 0. The van der Waals surface area contributed by atoms with Crippen molar-refractivity contribution in [3.05, 3.63) is 0 Å². The third-order valence-corrected chi connectivity index (χ3v) is 0.867. The maximum Gasteiger partial charge on any atom is 0.175 e. The fraction of sp³-hybridized carbons (Fsp3) is 0.667. The van der Waals surface area contributed by atoms with E-state index < -0.39 is 0 Å². The van der Waals surface area contributed by atoms with Gasteiger partial charge in [0.15, 0.2) is 5.05 Å². The standard InChI is InChI=1S/C3H5NOS/c6-3-1-4-2-5-3/h4H,1-2H2. The number of hydrogen-bond donors (Lipinski definition) is 1. The maximum atomic E-state index is 4.77. The Kier molecular flexibility index (Phi) is 1.03. The van der Waals surface area contributed by atoms with Crippen molar-refractivity contribution >= 4 is 17.3 Å². The highest BCUT2D eigenvalue weighted by Crippen LogP contribution is 1.84. The lowest BCUT2D eigenvalue weighted by Crippen LogP contribution is -2.06. The fourth-order valence-corrected chi connectivity index (χ4v) is 0.497. The van der Waals surface area contributed by atoms with E-state index in [4.69, 9.17) is 4.74 Å². The first-order valence-corrected chi connectivity index (χ1v) is 2.17. The minimum Gasteiger partial charge on any atom is -0.470 e. The van der Waals surface area contributed by atoms with Gasteiger partial charge in [0.05, 0.1) is 6.54 Å². The first kappa shape index (κ1) is 4.02. The van der Waals surface area contributed by atoms with Gasteiger partial charge in [0, 0.05) is 0 Å². The lowest BCUT2D eigenvalue weighted by molar-refractivity contribution is 0.332. The minimum atomic E-state index is 0.596. The van der Waals surface area contributed by atoms with Crippen molar-refractivity contribution in [1.29, 1.82) is 0 Å². The molecule has 0 spiro atoms. The van der Waals surface area contributed by atoms with E-state index in [1.807, 2.05) is 0 Å². The van der Waals surface area contributed by atoms with E-state index in [0.29, 0.717) is 11.8 Å². The molecule has 2 nitrogen and oxygen atoms in total. The highest BCUT2D eigenvalue weighted by Gasteiger charge is 2.02. The molecule has 0 amide bonds. The van der Waals surface area contributed by atoms with E-state index in [2.05, 4.69) is 17.5 Å². The van der Waals surface area contributed by atoms with Crippen molar-refractivity contribution in [2.75, 3.05) is 13.3 Å². The lowest BCUT2D eigenvalue weighted by Gasteiger charge is -1.83. The second kappa shape index (κ2) is 1.53. The Labute approximate surface area is 41.5 Å². The van der Waals surface area contributed by atoms with Crippen LogP contribution in [0.3, 0.4) is 0 Å². The summed E-state index contributed by atoms with van der Waals surface area (Å²) in [5.41, 5.74) is 0. The Hall–Kier alpha value is -0.150. The van der Waals surface area contributed by atoms with Gasteiger partial charge in [0.1, 0.15) is 6.73 Å². The van der Waals surface area contributed by atoms with E-state index in [0.717, 1.165) is 6.54 Å². The van der Waals surface area contributed by atoms with Gasteiger partial charge in [-0.2, -0.15) is 0 Å². The molecule has 34 valence electrons. The fourth-order valence-electron chi connectivity index (χ4n) is 0.336. The molecule has 0 atom stereocenters. The number of nitrogens with one attached hydrogen (secondary N) is 1. The van der Waals surface area contributed by atoms with Gasteiger partial charge in [-0.25, -0.2) is 0 Å². The lowest BCUT2D eigenvalue weighted by atomic mass is 10.7. The number of thiocarbonyl (C=S) groups is 1. The van der Waals surface area contributed by atoms with Crippen LogP contribution < -0.4 is 5.32 Å². The first-order chi connectivity index (χ1) is 2.89. The first-order valence-electron chi connectivity index (χ1n) is 1.76. The summed E-state index contributed by atoms with van der Waals surface area (Å²) >= 11 is 4.63.